The highest BCUT2D eigenvalue weighted by atomic mass is 32.4. The molecule has 0 saturated heterocycles. The molecule has 0 aliphatic carbocycles. The van der Waals surface area contributed by atoms with Crippen molar-refractivity contribution in [2.24, 2.45) is 0 Å². The topological polar surface area (TPSA) is 74.6 Å². The summed E-state index contributed by atoms with van der Waals surface area (Å²) in [5.74, 6) is 4.84. The molecule has 0 aromatic rings. The number of unbranched alkanes of at least 4 members (excludes halogenated alkanes) is 48. The molecule has 0 heterocycles. The first-order valence-corrected chi connectivity index (χ1v) is 36.6. The molecule has 0 unspecified atom stereocenters. The Labute approximate surface area is 446 Å². The zero-order valence-corrected chi connectivity index (χ0v) is 50.4. The van der Waals surface area contributed by atoms with E-state index in [1.165, 1.54) is 334 Å². The average molecular weight is 1020 g/mol. The van der Waals surface area contributed by atoms with Gasteiger partial charge in [0, 0.05) is 0 Å². The van der Waals surface area contributed by atoms with Crippen LogP contribution in [0.1, 0.15) is 374 Å². The van der Waals surface area contributed by atoms with Gasteiger partial charge in [-0.3, -0.25) is 17.9 Å². The fraction of sp³-hybridized carbons (Fsp3) is 0.970. The van der Waals surface area contributed by atoms with Crippen molar-refractivity contribution in [1.82, 2.24) is 0 Å². The lowest BCUT2D eigenvalue weighted by molar-refractivity contribution is -0.137. The Hall–Kier alpha value is -0.710. The molecule has 4 nitrogen and oxygen atoms in total. The molecule has 0 radical (unpaired) electrons. The minimum atomic E-state index is -3.18. The van der Waals surface area contributed by atoms with Gasteiger partial charge >= 0.3 is 11.9 Å². The summed E-state index contributed by atoms with van der Waals surface area (Å²) in [5.41, 5.74) is 0. The van der Waals surface area contributed by atoms with Crippen molar-refractivity contribution in [3.8, 4) is 0 Å². The third-order valence-corrected chi connectivity index (χ3v) is 28.2. The molecule has 0 bridgehead atoms. The van der Waals surface area contributed by atoms with E-state index in [-0.39, 0.29) is 12.8 Å². The lowest BCUT2D eigenvalue weighted by Gasteiger charge is -2.81. The van der Waals surface area contributed by atoms with Crippen molar-refractivity contribution >= 4 is 20.2 Å². The second-order valence-electron chi connectivity index (χ2n) is 24.5. The summed E-state index contributed by atoms with van der Waals surface area (Å²) in [6.45, 7) is 9.20. The van der Waals surface area contributed by atoms with Gasteiger partial charge in [0.05, 0.1) is 12.8 Å². The van der Waals surface area contributed by atoms with Crippen LogP contribution in [0.25, 0.3) is 0 Å². The highest BCUT2D eigenvalue weighted by Gasteiger charge is 2.58. The number of rotatable bonds is 62. The molecular weight excluding hydrogens is 889 g/mol. The fourth-order valence-electron chi connectivity index (χ4n) is 12.9. The summed E-state index contributed by atoms with van der Waals surface area (Å²) < 4.78 is 0. The van der Waals surface area contributed by atoms with Crippen LogP contribution in [0.15, 0.2) is 0 Å². The Morgan fingerprint density at radius 2 is 0.338 bits per heavy atom. The maximum absolute atomic E-state index is 12.9. The van der Waals surface area contributed by atoms with Gasteiger partial charge in [0.2, 0.25) is 0 Å². The highest BCUT2D eigenvalue weighted by Crippen LogP contribution is 2.90. The van der Waals surface area contributed by atoms with Gasteiger partial charge in [-0.15, -0.1) is 0 Å². The molecule has 0 aromatic carbocycles. The van der Waals surface area contributed by atoms with Crippen LogP contribution in [0.2, 0.25) is 0 Å². The normalized spacial score (nSPS) is 13.0. The number of carboxylic acid groups (broad SMARTS) is 2. The number of hydrogen-bond donors (Lipinski definition) is 2. The largest absolute Gasteiger partial charge is 0.481 e. The van der Waals surface area contributed by atoms with Crippen LogP contribution >= 0.6 is 8.29 Å². The van der Waals surface area contributed by atoms with Crippen LogP contribution in [0, 0.1) is 0 Å². The van der Waals surface area contributed by atoms with Gasteiger partial charge in [-0.2, -0.15) is 0 Å². The van der Waals surface area contributed by atoms with Gasteiger partial charge in [-0.25, -0.2) is 0 Å². The van der Waals surface area contributed by atoms with Crippen molar-refractivity contribution in [2.45, 2.75) is 374 Å². The van der Waals surface area contributed by atoms with Crippen molar-refractivity contribution < 1.29 is 19.8 Å². The standard InChI is InChI=1S/C66H134O4S/c1-5-9-13-17-21-25-29-31-33-35-37-39-43-47-51-55-61-71(63-57-65(67)68,64-58-66(69)70,59-53-49-45-41-27-23-19-15-11-7-3,60-54-50-46-42-28-24-20-16-12-8-4)62-56-52-48-44-40-38-36-34-32-30-26-22-18-14-10-6-2/h5-64H2,1-4H3,(H,67,68)(H,69,70). The van der Waals surface area contributed by atoms with E-state index in [2.05, 4.69) is 27.7 Å². The van der Waals surface area contributed by atoms with Crippen LogP contribution in [0.3, 0.4) is 0 Å². The summed E-state index contributed by atoms with van der Waals surface area (Å²) in [7, 11) is -3.18. The van der Waals surface area contributed by atoms with E-state index >= 15 is 0 Å². The zero-order chi connectivity index (χ0) is 52.0. The number of aliphatic carboxylic acids is 2. The Bertz CT molecular complexity index is 1050. The van der Waals surface area contributed by atoms with Crippen LogP contribution in [0.5, 0.6) is 0 Å². The van der Waals surface area contributed by atoms with Gasteiger partial charge in [0.1, 0.15) is 0 Å². The summed E-state index contributed by atoms with van der Waals surface area (Å²) in [6, 6.07) is 0. The highest BCUT2D eigenvalue weighted by molar-refractivity contribution is 8.64. The van der Waals surface area contributed by atoms with Crippen LogP contribution in [-0.2, 0) is 9.59 Å². The minimum Gasteiger partial charge on any atom is -0.481 e. The molecule has 0 spiro atoms. The Balaban J connectivity index is 6.09. The van der Waals surface area contributed by atoms with E-state index < -0.39 is 20.2 Å². The molecule has 5 heteroatoms. The lowest BCUT2D eigenvalue weighted by Crippen LogP contribution is -2.54. The molecule has 0 saturated carbocycles. The maximum Gasteiger partial charge on any atom is 0.304 e. The smallest absolute Gasteiger partial charge is 0.304 e. The monoisotopic (exact) mass is 1020 g/mol. The quantitative estimate of drug-likeness (QED) is 0.0595. The van der Waals surface area contributed by atoms with Crippen LogP contribution in [-0.4, -0.2) is 56.7 Å². The molecule has 71 heavy (non-hydrogen) atoms. The van der Waals surface area contributed by atoms with Gasteiger partial charge in [-0.1, -0.05) is 336 Å². The minimum absolute atomic E-state index is 0.231. The predicted molar refractivity (Wildman–Crippen MR) is 324 cm³/mol. The summed E-state index contributed by atoms with van der Waals surface area (Å²) in [5, 5.41) is 21.2. The maximum atomic E-state index is 12.9. The summed E-state index contributed by atoms with van der Waals surface area (Å²) in [6.07, 6.45) is 70.1. The molecule has 2 N–H and O–H groups in total. The van der Waals surface area contributed by atoms with E-state index in [1.807, 2.05) is 0 Å². The van der Waals surface area contributed by atoms with Crippen molar-refractivity contribution in [2.75, 3.05) is 34.5 Å². The summed E-state index contributed by atoms with van der Waals surface area (Å²) in [4.78, 5) is 25.8. The Morgan fingerprint density at radius 1 is 0.211 bits per heavy atom. The second-order valence-corrected chi connectivity index (χ2v) is 33.1. The molecule has 428 valence electrons. The first-order chi connectivity index (χ1) is 34.7. The molecule has 0 rings (SSSR count). The molecule has 0 atom stereocenters. The lowest BCUT2D eigenvalue weighted by atomic mass is 10.0. The Morgan fingerprint density at radius 3 is 0.465 bits per heavy atom. The van der Waals surface area contributed by atoms with Crippen molar-refractivity contribution in [3.05, 3.63) is 0 Å². The first-order valence-electron chi connectivity index (χ1n) is 33.1. The predicted octanol–water partition coefficient (Wildman–Crippen LogP) is 23.2. The van der Waals surface area contributed by atoms with E-state index in [4.69, 9.17) is 0 Å². The Kier molecular flexibility index (Phi) is 49.6. The van der Waals surface area contributed by atoms with Gasteiger partial charge in [-0.05, 0) is 60.2 Å². The van der Waals surface area contributed by atoms with E-state index in [0.29, 0.717) is 0 Å². The first kappa shape index (κ1) is 70.3. The summed E-state index contributed by atoms with van der Waals surface area (Å²) >= 11 is 0. The van der Waals surface area contributed by atoms with Gasteiger partial charge < -0.3 is 10.2 Å². The molecule has 0 aliphatic rings. The van der Waals surface area contributed by atoms with Crippen LogP contribution in [0.4, 0.5) is 0 Å². The van der Waals surface area contributed by atoms with E-state index in [9.17, 15) is 19.8 Å². The molecule has 0 amide bonds. The van der Waals surface area contributed by atoms with Gasteiger partial charge in [0.25, 0.3) is 0 Å². The molecular formula is C66H134O4S. The van der Waals surface area contributed by atoms with Gasteiger partial charge in [0.15, 0.2) is 0 Å². The van der Waals surface area contributed by atoms with E-state index in [0.717, 1.165) is 34.5 Å². The third-order valence-electron chi connectivity index (χ3n) is 18.0. The molecule has 0 fully saturated rings. The molecule has 0 aliphatic heterocycles. The second kappa shape index (κ2) is 50.1. The number of hydrogen-bond acceptors (Lipinski definition) is 2. The van der Waals surface area contributed by atoms with Crippen molar-refractivity contribution in [3.63, 3.8) is 0 Å². The van der Waals surface area contributed by atoms with Crippen molar-refractivity contribution in [1.29, 1.82) is 0 Å². The number of carbonyl (C=O) groups is 2. The van der Waals surface area contributed by atoms with E-state index in [1.54, 1.807) is 0 Å². The SMILES string of the molecule is CCCCCCCCCCCCCCCCCCS(CCCCCCCCCCCC)(CCCCCCCCCCCC)(CCCCCCCCCCCCCCCCCC)(CCC(=O)O)CCC(=O)O. The zero-order valence-electron chi connectivity index (χ0n) is 49.5. The average Bonchev–Trinajstić information content (AvgIpc) is 3.36. The number of carboxylic acids is 2. The fourth-order valence-corrected chi connectivity index (χ4v) is 22.7. The third kappa shape index (κ3) is 41.2. The van der Waals surface area contributed by atoms with Crippen LogP contribution < -0.4 is 0 Å². The molecule has 0 aromatic heterocycles.